The summed E-state index contributed by atoms with van der Waals surface area (Å²) in [6, 6.07) is 33.5. The first kappa shape index (κ1) is 20.8. The first-order valence-corrected chi connectivity index (χ1v) is 12.5. The Labute approximate surface area is 171 Å². The summed E-state index contributed by atoms with van der Waals surface area (Å²) in [7, 11) is -2.20. The molecule has 0 aliphatic carbocycles. The van der Waals surface area contributed by atoms with Gasteiger partial charge in [-0.3, -0.25) is 0 Å². The summed E-state index contributed by atoms with van der Waals surface area (Å²) < 4.78 is 0. The van der Waals surface area contributed by atoms with Crippen LogP contribution in [0.3, 0.4) is 0 Å². The van der Waals surface area contributed by atoms with Crippen LogP contribution in [-0.4, -0.2) is 11.2 Å². The fourth-order valence-electron chi connectivity index (χ4n) is 4.40. The average molecular weight is 392 g/mol. The van der Waals surface area contributed by atoms with Gasteiger partial charge < -0.3 is 0 Å². The molecule has 0 fully saturated rings. The van der Waals surface area contributed by atoms with Crippen molar-refractivity contribution in [3.8, 4) is 0 Å². The average Bonchev–Trinajstić information content (AvgIpc) is 2.75. The van der Waals surface area contributed by atoms with Crippen LogP contribution in [0.15, 0.2) is 91.0 Å². The van der Waals surface area contributed by atoms with Crippen LogP contribution in [0.25, 0.3) is 0 Å². The van der Waals surface area contributed by atoms with Crippen LogP contribution < -0.4 is 21.6 Å². The summed E-state index contributed by atoms with van der Waals surface area (Å²) in [6.07, 6.45) is 3.19. The van der Waals surface area contributed by atoms with Gasteiger partial charge in [0.25, 0.3) is 0 Å². The van der Waals surface area contributed by atoms with Crippen molar-refractivity contribution in [3.63, 3.8) is 0 Å². The van der Waals surface area contributed by atoms with Gasteiger partial charge in [-0.05, 0) is 0 Å². The first-order valence-electron chi connectivity index (χ1n) is 10.5. The first-order chi connectivity index (χ1) is 13.5. The second kappa shape index (κ2) is 9.03. The van der Waals surface area contributed by atoms with Crippen molar-refractivity contribution in [2.75, 3.05) is 0 Å². The molecule has 3 aromatic rings. The Morgan fingerprint density at radius 1 is 0.750 bits per heavy atom. The third kappa shape index (κ3) is 4.22. The number of nitrogens with two attached hydrogens (primary N) is 1. The minimum atomic E-state index is -2.20. The van der Waals surface area contributed by atoms with Crippen molar-refractivity contribution in [2.24, 2.45) is 5.73 Å². The zero-order chi connectivity index (χ0) is 20.0. The minimum absolute atomic E-state index is 0.0987. The van der Waals surface area contributed by atoms with Gasteiger partial charge in [-0.2, -0.15) is 0 Å². The van der Waals surface area contributed by atoms with Crippen molar-refractivity contribution in [1.29, 1.82) is 0 Å². The topological polar surface area (TPSA) is 26.0 Å². The Morgan fingerprint density at radius 2 is 1.11 bits per heavy atom. The van der Waals surface area contributed by atoms with E-state index >= 15 is 0 Å². The summed E-state index contributed by atoms with van der Waals surface area (Å²) in [6.45, 7) is 6.84. The molecular formula is C26H34NP. The molecule has 0 bridgehead atoms. The van der Waals surface area contributed by atoms with Crippen molar-refractivity contribution in [2.45, 2.75) is 51.2 Å². The molecule has 0 aliphatic heterocycles. The van der Waals surface area contributed by atoms with Crippen LogP contribution in [0.5, 0.6) is 0 Å². The molecule has 0 saturated carbocycles. The molecule has 3 aromatic carbocycles. The van der Waals surface area contributed by atoms with E-state index in [-0.39, 0.29) is 5.54 Å². The Bertz CT molecular complexity index is 747. The van der Waals surface area contributed by atoms with Crippen molar-refractivity contribution in [1.82, 2.24) is 0 Å². The van der Waals surface area contributed by atoms with E-state index in [1.807, 2.05) is 0 Å². The molecule has 0 aliphatic rings. The summed E-state index contributed by atoms with van der Waals surface area (Å²) in [4.78, 5) is 0. The molecule has 2 heteroatoms. The van der Waals surface area contributed by atoms with Gasteiger partial charge in [0.2, 0.25) is 0 Å². The van der Waals surface area contributed by atoms with E-state index < -0.39 is 7.26 Å². The molecule has 0 heterocycles. The predicted octanol–water partition coefficient (Wildman–Crippen LogP) is 5.01. The number of hydrogen-bond acceptors (Lipinski definition) is 1. The molecule has 2 N–H and O–H groups in total. The summed E-state index contributed by atoms with van der Waals surface area (Å²) in [5, 5.41) is 4.44. The molecule has 3 rings (SSSR count). The Morgan fingerprint density at radius 3 is 1.43 bits per heavy atom. The van der Waals surface area contributed by atoms with Gasteiger partial charge in [0.05, 0.1) is 0 Å². The van der Waals surface area contributed by atoms with Crippen LogP contribution in [-0.2, 0) is 0 Å². The molecule has 0 radical (unpaired) electrons. The number of hydrogen-bond donors (Lipinski definition) is 1. The molecule has 2 atom stereocenters. The van der Waals surface area contributed by atoms with Crippen molar-refractivity contribution >= 4 is 23.2 Å². The van der Waals surface area contributed by atoms with Gasteiger partial charge in [-0.25, -0.2) is 0 Å². The number of benzene rings is 3. The standard InChI is InChI=1S/C26H34NP/c1-4-26(3,27)21-20-22(2)28(23-14-8-5-9-15-23,24-16-10-6-11-17-24)25-18-12-7-13-19-25/h5-19,22,28H,4,20-21,27H2,1-3H3. The maximum absolute atomic E-state index is 6.54. The van der Waals surface area contributed by atoms with Gasteiger partial charge in [0.1, 0.15) is 0 Å². The van der Waals surface area contributed by atoms with Crippen LogP contribution in [0.2, 0.25) is 0 Å². The van der Waals surface area contributed by atoms with E-state index in [0.29, 0.717) is 5.66 Å². The Balaban J connectivity index is 2.19. The van der Waals surface area contributed by atoms with Crippen molar-refractivity contribution < 1.29 is 0 Å². The molecular weight excluding hydrogens is 357 g/mol. The van der Waals surface area contributed by atoms with Crippen molar-refractivity contribution in [3.05, 3.63) is 91.0 Å². The fourth-order valence-corrected chi connectivity index (χ4v) is 9.84. The number of rotatable bonds is 8. The van der Waals surface area contributed by atoms with Crippen LogP contribution >= 0.6 is 7.26 Å². The normalized spacial score (nSPS) is 15.6. The van der Waals surface area contributed by atoms with E-state index in [1.54, 1.807) is 0 Å². The molecule has 0 amide bonds. The summed E-state index contributed by atoms with van der Waals surface area (Å²) >= 11 is 0. The van der Waals surface area contributed by atoms with Gasteiger partial charge >= 0.3 is 171 Å². The zero-order valence-electron chi connectivity index (χ0n) is 17.4. The second-order valence-electron chi connectivity index (χ2n) is 8.35. The molecule has 0 spiro atoms. The van der Waals surface area contributed by atoms with E-state index in [9.17, 15) is 0 Å². The molecule has 1 nitrogen and oxygen atoms in total. The van der Waals surface area contributed by atoms with Crippen LogP contribution in [0.4, 0.5) is 0 Å². The zero-order valence-corrected chi connectivity index (χ0v) is 18.4. The van der Waals surface area contributed by atoms with Gasteiger partial charge in [-0.1, -0.05) is 0 Å². The molecule has 0 aromatic heterocycles. The van der Waals surface area contributed by atoms with Gasteiger partial charge in [-0.15, -0.1) is 0 Å². The third-order valence-corrected chi connectivity index (χ3v) is 11.9. The quantitative estimate of drug-likeness (QED) is 0.537. The molecule has 2 unspecified atom stereocenters. The van der Waals surface area contributed by atoms with E-state index in [4.69, 9.17) is 5.73 Å². The van der Waals surface area contributed by atoms with Crippen LogP contribution in [0.1, 0.15) is 40.0 Å². The third-order valence-electron chi connectivity index (χ3n) is 6.38. The Kier molecular flexibility index (Phi) is 6.70. The molecule has 148 valence electrons. The van der Waals surface area contributed by atoms with Crippen LogP contribution in [0, 0.1) is 0 Å². The van der Waals surface area contributed by atoms with Gasteiger partial charge in [0, 0.05) is 0 Å². The summed E-state index contributed by atoms with van der Waals surface area (Å²) in [5.74, 6) is 0. The maximum atomic E-state index is 6.54. The SMILES string of the molecule is CCC(C)(N)CCC(C)[PH](c1ccccc1)(c1ccccc1)c1ccccc1. The predicted molar refractivity (Wildman–Crippen MR) is 128 cm³/mol. The van der Waals surface area contributed by atoms with E-state index in [1.165, 1.54) is 15.9 Å². The molecule has 28 heavy (non-hydrogen) atoms. The monoisotopic (exact) mass is 391 g/mol. The van der Waals surface area contributed by atoms with Gasteiger partial charge in [0.15, 0.2) is 0 Å². The summed E-state index contributed by atoms with van der Waals surface area (Å²) in [5.41, 5.74) is 6.98. The molecule has 0 saturated heterocycles. The second-order valence-corrected chi connectivity index (χ2v) is 12.7. The Hall–Kier alpha value is -1.95. The fraction of sp³-hybridized carbons (Fsp3) is 0.308. The van der Waals surface area contributed by atoms with E-state index in [2.05, 4.69) is 112 Å². The van der Waals surface area contributed by atoms with E-state index in [0.717, 1.165) is 19.3 Å².